The van der Waals surface area contributed by atoms with Gasteiger partial charge in [-0.3, -0.25) is 4.79 Å². The highest BCUT2D eigenvalue weighted by molar-refractivity contribution is 6.05. The number of carbonyl (C=O) groups is 1. The van der Waals surface area contributed by atoms with Gasteiger partial charge >= 0.3 is 0 Å². The van der Waals surface area contributed by atoms with Crippen molar-refractivity contribution in [2.24, 2.45) is 5.92 Å². The standard InChI is InChI=1S/C14H20N2O/c1-8(2)12-14(17)16(5)13-10(4)9(3)6-7-11(13)15-12/h6-8,12,15H,1-5H3. The third-order valence-corrected chi connectivity index (χ3v) is 3.61. The highest BCUT2D eigenvalue weighted by Crippen LogP contribution is 2.36. The highest BCUT2D eigenvalue weighted by atomic mass is 16.2. The number of benzene rings is 1. The van der Waals surface area contributed by atoms with Crippen LogP contribution in [-0.4, -0.2) is 19.0 Å². The van der Waals surface area contributed by atoms with E-state index in [9.17, 15) is 4.79 Å². The quantitative estimate of drug-likeness (QED) is 0.807. The predicted octanol–water partition coefficient (Wildman–Crippen LogP) is 2.72. The summed E-state index contributed by atoms with van der Waals surface area (Å²) in [5.41, 5.74) is 4.47. The van der Waals surface area contributed by atoms with Crippen LogP contribution in [0.25, 0.3) is 0 Å². The summed E-state index contributed by atoms with van der Waals surface area (Å²) in [5.74, 6) is 0.445. The molecule has 0 radical (unpaired) electrons. The summed E-state index contributed by atoms with van der Waals surface area (Å²) < 4.78 is 0. The number of aryl methyl sites for hydroxylation is 1. The largest absolute Gasteiger partial charge is 0.372 e. The molecule has 92 valence electrons. The molecular weight excluding hydrogens is 212 g/mol. The summed E-state index contributed by atoms with van der Waals surface area (Å²) in [5, 5.41) is 3.35. The fourth-order valence-corrected chi connectivity index (χ4v) is 2.35. The van der Waals surface area contributed by atoms with Crippen molar-refractivity contribution >= 4 is 17.3 Å². The Hall–Kier alpha value is -1.51. The van der Waals surface area contributed by atoms with Crippen molar-refractivity contribution < 1.29 is 4.79 Å². The number of rotatable bonds is 1. The maximum atomic E-state index is 12.3. The molecule has 1 unspecified atom stereocenters. The average molecular weight is 232 g/mol. The molecular formula is C14H20N2O. The number of hydrogen-bond donors (Lipinski definition) is 1. The minimum absolute atomic E-state index is 0.116. The van der Waals surface area contributed by atoms with Crippen LogP contribution >= 0.6 is 0 Å². The summed E-state index contributed by atoms with van der Waals surface area (Å²) in [6.07, 6.45) is 0. The summed E-state index contributed by atoms with van der Waals surface area (Å²) in [6, 6.07) is 4.05. The van der Waals surface area contributed by atoms with Crippen LogP contribution in [0.5, 0.6) is 0 Å². The van der Waals surface area contributed by atoms with Crippen molar-refractivity contribution in [3.8, 4) is 0 Å². The van der Waals surface area contributed by atoms with E-state index in [1.54, 1.807) is 4.90 Å². The van der Waals surface area contributed by atoms with Crippen molar-refractivity contribution in [2.45, 2.75) is 33.7 Å². The second-order valence-electron chi connectivity index (χ2n) is 5.17. The van der Waals surface area contributed by atoms with Gasteiger partial charge in [-0.05, 0) is 37.0 Å². The summed E-state index contributed by atoms with van der Waals surface area (Å²) in [6.45, 7) is 8.27. The normalized spacial score (nSPS) is 19.3. The van der Waals surface area contributed by atoms with Gasteiger partial charge < -0.3 is 10.2 Å². The van der Waals surface area contributed by atoms with Crippen LogP contribution in [0.15, 0.2) is 12.1 Å². The summed E-state index contributed by atoms with van der Waals surface area (Å²) >= 11 is 0. The minimum atomic E-state index is -0.116. The summed E-state index contributed by atoms with van der Waals surface area (Å²) in [7, 11) is 1.86. The lowest BCUT2D eigenvalue weighted by Gasteiger charge is -2.36. The maximum Gasteiger partial charge on any atom is 0.249 e. The number of amides is 1. The Morgan fingerprint density at radius 2 is 1.94 bits per heavy atom. The minimum Gasteiger partial charge on any atom is -0.372 e. The lowest BCUT2D eigenvalue weighted by Crippen LogP contribution is -2.48. The van der Waals surface area contributed by atoms with Crippen LogP contribution in [0.2, 0.25) is 0 Å². The monoisotopic (exact) mass is 232 g/mol. The van der Waals surface area contributed by atoms with Crippen LogP contribution in [0.3, 0.4) is 0 Å². The first-order valence-corrected chi connectivity index (χ1v) is 6.07. The van der Waals surface area contributed by atoms with E-state index < -0.39 is 0 Å². The molecule has 1 aromatic rings. The van der Waals surface area contributed by atoms with Gasteiger partial charge in [0, 0.05) is 7.05 Å². The lowest BCUT2D eigenvalue weighted by atomic mass is 9.96. The average Bonchev–Trinajstić information content (AvgIpc) is 2.27. The Bertz CT molecular complexity index is 466. The molecule has 0 spiro atoms. The van der Waals surface area contributed by atoms with Gasteiger partial charge in [-0.15, -0.1) is 0 Å². The molecule has 1 atom stereocenters. The van der Waals surface area contributed by atoms with Gasteiger partial charge in [0.2, 0.25) is 5.91 Å². The van der Waals surface area contributed by atoms with Gasteiger partial charge in [-0.25, -0.2) is 0 Å². The maximum absolute atomic E-state index is 12.3. The van der Waals surface area contributed by atoms with Crippen LogP contribution in [0.4, 0.5) is 11.4 Å². The molecule has 0 aromatic heterocycles. The molecule has 1 aromatic carbocycles. The molecule has 0 bridgehead atoms. The number of likely N-dealkylation sites (N-methyl/N-ethyl adjacent to an activating group) is 1. The lowest BCUT2D eigenvalue weighted by molar-refractivity contribution is -0.120. The summed E-state index contributed by atoms with van der Waals surface area (Å²) in [4.78, 5) is 14.0. The Morgan fingerprint density at radius 3 is 2.53 bits per heavy atom. The van der Waals surface area contributed by atoms with Crippen molar-refractivity contribution in [3.05, 3.63) is 23.3 Å². The molecule has 2 rings (SSSR count). The van der Waals surface area contributed by atoms with Gasteiger partial charge in [-0.1, -0.05) is 19.9 Å². The van der Waals surface area contributed by atoms with Gasteiger partial charge in [0.1, 0.15) is 6.04 Å². The molecule has 3 nitrogen and oxygen atoms in total. The van der Waals surface area contributed by atoms with Gasteiger partial charge in [0.25, 0.3) is 0 Å². The molecule has 1 aliphatic rings. The first-order chi connectivity index (χ1) is 7.93. The zero-order chi connectivity index (χ0) is 12.7. The first kappa shape index (κ1) is 12.0. The second kappa shape index (κ2) is 4.06. The van der Waals surface area contributed by atoms with Crippen LogP contribution in [-0.2, 0) is 4.79 Å². The smallest absolute Gasteiger partial charge is 0.249 e. The number of carbonyl (C=O) groups excluding carboxylic acids is 1. The number of fused-ring (bicyclic) bond motifs is 1. The Kier molecular flexibility index (Phi) is 2.86. The number of anilines is 2. The first-order valence-electron chi connectivity index (χ1n) is 6.07. The number of nitrogens with one attached hydrogen (secondary N) is 1. The van der Waals surface area contributed by atoms with Crippen molar-refractivity contribution in [1.29, 1.82) is 0 Å². The number of hydrogen-bond acceptors (Lipinski definition) is 2. The second-order valence-corrected chi connectivity index (χ2v) is 5.17. The number of nitrogens with zero attached hydrogens (tertiary/aromatic N) is 1. The van der Waals surface area contributed by atoms with Crippen LogP contribution < -0.4 is 10.2 Å². The predicted molar refractivity (Wildman–Crippen MR) is 71.6 cm³/mol. The molecule has 1 N–H and O–H groups in total. The SMILES string of the molecule is Cc1ccc2c(c1C)N(C)C(=O)C(C(C)C)N2. The third-order valence-electron chi connectivity index (χ3n) is 3.61. The molecule has 0 aliphatic carbocycles. The van der Waals surface area contributed by atoms with Crippen molar-refractivity contribution in [2.75, 3.05) is 17.3 Å². The molecule has 0 saturated heterocycles. The van der Waals surface area contributed by atoms with E-state index in [0.29, 0.717) is 5.92 Å². The van der Waals surface area contributed by atoms with E-state index in [1.165, 1.54) is 11.1 Å². The Balaban J connectivity index is 2.53. The van der Waals surface area contributed by atoms with Crippen molar-refractivity contribution in [1.82, 2.24) is 0 Å². The van der Waals surface area contributed by atoms with E-state index in [0.717, 1.165) is 11.4 Å². The Morgan fingerprint density at radius 1 is 1.29 bits per heavy atom. The topological polar surface area (TPSA) is 32.3 Å². The van der Waals surface area contributed by atoms with Crippen molar-refractivity contribution in [3.63, 3.8) is 0 Å². The zero-order valence-corrected chi connectivity index (χ0v) is 11.2. The Labute approximate surface area is 103 Å². The van der Waals surface area contributed by atoms with E-state index in [-0.39, 0.29) is 11.9 Å². The molecule has 17 heavy (non-hydrogen) atoms. The fraction of sp³-hybridized carbons (Fsp3) is 0.500. The fourth-order valence-electron chi connectivity index (χ4n) is 2.35. The van der Waals surface area contributed by atoms with Gasteiger partial charge in [0.05, 0.1) is 11.4 Å². The molecule has 3 heteroatoms. The van der Waals surface area contributed by atoms with E-state index in [4.69, 9.17) is 0 Å². The molecule has 1 amide bonds. The van der Waals surface area contributed by atoms with E-state index >= 15 is 0 Å². The molecule has 1 aliphatic heterocycles. The third kappa shape index (κ3) is 1.79. The highest BCUT2D eigenvalue weighted by Gasteiger charge is 2.33. The van der Waals surface area contributed by atoms with E-state index in [1.807, 2.05) is 7.05 Å². The molecule has 0 fully saturated rings. The van der Waals surface area contributed by atoms with Gasteiger partial charge in [-0.2, -0.15) is 0 Å². The molecule has 0 saturated carbocycles. The zero-order valence-electron chi connectivity index (χ0n) is 11.2. The molecule has 1 heterocycles. The van der Waals surface area contributed by atoms with Gasteiger partial charge in [0.15, 0.2) is 0 Å². The van der Waals surface area contributed by atoms with E-state index in [2.05, 4.69) is 45.1 Å². The van der Waals surface area contributed by atoms with Crippen LogP contribution in [0.1, 0.15) is 25.0 Å². The van der Waals surface area contributed by atoms with Crippen LogP contribution in [0, 0.1) is 19.8 Å².